The van der Waals surface area contributed by atoms with Crippen molar-refractivity contribution in [3.05, 3.63) is 22.9 Å². The monoisotopic (exact) mass is 282 g/mol. The number of aromatic nitrogens is 1. The predicted molar refractivity (Wildman–Crippen MR) is 47.6 cm³/mol. The van der Waals surface area contributed by atoms with Gasteiger partial charge in [-0.15, -0.1) is 13.2 Å². The number of aromatic carboxylic acids is 1. The zero-order valence-electron chi connectivity index (χ0n) is 8.70. The summed E-state index contributed by atoms with van der Waals surface area (Å²) in [6, 6.07) is 1.10. The fourth-order valence-corrected chi connectivity index (χ4v) is 1.18. The van der Waals surface area contributed by atoms with Crippen LogP contribution in [0.1, 0.15) is 27.9 Å². The van der Waals surface area contributed by atoms with E-state index < -0.39 is 41.3 Å². The third-order valence-electron chi connectivity index (χ3n) is 1.85. The molecular formula is C9H3F5N2O3. The highest BCUT2D eigenvalue weighted by molar-refractivity contribution is 5.93. The molecule has 1 heterocycles. The van der Waals surface area contributed by atoms with Crippen LogP contribution in [-0.2, 0) is 0 Å². The molecule has 0 bridgehead atoms. The van der Waals surface area contributed by atoms with Gasteiger partial charge in [0.25, 0.3) is 6.43 Å². The third-order valence-corrected chi connectivity index (χ3v) is 1.85. The first-order valence-corrected chi connectivity index (χ1v) is 4.37. The molecule has 19 heavy (non-hydrogen) atoms. The average molecular weight is 282 g/mol. The molecule has 0 aliphatic carbocycles. The van der Waals surface area contributed by atoms with Crippen LogP contribution in [-0.4, -0.2) is 22.4 Å². The van der Waals surface area contributed by atoms with Crippen molar-refractivity contribution in [3.8, 4) is 11.9 Å². The fraction of sp³-hybridized carbons (Fsp3) is 0.222. The first-order valence-electron chi connectivity index (χ1n) is 4.37. The second kappa shape index (κ2) is 5.05. The number of alkyl halides is 5. The zero-order chi connectivity index (χ0) is 14.8. The lowest BCUT2D eigenvalue weighted by atomic mass is 10.1. The minimum atomic E-state index is -5.27. The zero-order valence-corrected chi connectivity index (χ0v) is 8.70. The number of hydrogen-bond donors (Lipinski definition) is 1. The van der Waals surface area contributed by atoms with Crippen LogP contribution in [0.4, 0.5) is 22.0 Å². The molecule has 1 rings (SSSR count). The quantitative estimate of drug-likeness (QED) is 0.861. The molecule has 0 saturated carbocycles. The van der Waals surface area contributed by atoms with Crippen LogP contribution in [0.5, 0.6) is 5.88 Å². The molecule has 0 amide bonds. The van der Waals surface area contributed by atoms with Gasteiger partial charge < -0.3 is 9.84 Å². The maximum Gasteiger partial charge on any atom is 0.574 e. The van der Waals surface area contributed by atoms with Crippen LogP contribution in [0, 0.1) is 11.3 Å². The molecule has 5 nitrogen and oxygen atoms in total. The number of nitrogens with zero attached hydrogens (tertiary/aromatic N) is 2. The van der Waals surface area contributed by atoms with E-state index in [-0.39, 0.29) is 6.20 Å². The van der Waals surface area contributed by atoms with Crippen molar-refractivity contribution in [2.24, 2.45) is 0 Å². The van der Waals surface area contributed by atoms with Gasteiger partial charge in [0.2, 0.25) is 5.88 Å². The maximum atomic E-state index is 12.5. The first-order chi connectivity index (χ1) is 8.67. The third kappa shape index (κ3) is 3.27. The van der Waals surface area contributed by atoms with E-state index in [9.17, 15) is 26.7 Å². The second-order valence-corrected chi connectivity index (χ2v) is 3.03. The maximum absolute atomic E-state index is 12.5. The van der Waals surface area contributed by atoms with Gasteiger partial charge in [0.05, 0.1) is 11.1 Å². The van der Waals surface area contributed by atoms with Crippen molar-refractivity contribution in [3.63, 3.8) is 0 Å². The van der Waals surface area contributed by atoms with Crippen molar-refractivity contribution in [2.45, 2.75) is 12.8 Å². The largest absolute Gasteiger partial charge is 0.574 e. The Morgan fingerprint density at radius 1 is 1.47 bits per heavy atom. The number of hydrogen-bond acceptors (Lipinski definition) is 4. The molecule has 0 saturated heterocycles. The number of carboxylic acid groups (broad SMARTS) is 1. The van der Waals surface area contributed by atoms with Gasteiger partial charge >= 0.3 is 12.3 Å². The standard InChI is InChI=1S/C9H3F5N2O3/c10-6(11)4-2-16-7(19-9(12,13)14)5(8(17)18)3(4)1-15/h2,6H,(H,17,18). The number of carbonyl (C=O) groups is 1. The van der Waals surface area contributed by atoms with E-state index in [1.165, 1.54) is 0 Å². The van der Waals surface area contributed by atoms with Crippen LogP contribution in [0.25, 0.3) is 0 Å². The molecule has 10 heteroatoms. The van der Waals surface area contributed by atoms with Gasteiger partial charge in [-0.25, -0.2) is 18.6 Å². The summed E-state index contributed by atoms with van der Waals surface area (Å²) in [5, 5.41) is 17.3. The second-order valence-electron chi connectivity index (χ2n) is 3.03. The van der Waals surface area contributed by atoms with E-state index in [0.717, 1.165) is 6.07 Å². The molecule has 1 aromatic rings. The number of ether oxygens (including phenoxy) is 1. The summed E-state index contributed by atoms with van der Waals surface area (Å²) in [7, 11) is 0. The van der Waals surface area contributed by atoms with Crippen LogP contribution in [0.2, 0.25) is 0 Å². The van der Waals surface area contributed by atoms with Gasteiger partial charge in [-0.2, -0.15) is 5.26 Å². The molecule has 0 aliphatic rings. The lowest BCUT2D eigenvalue weighted by molar-refractivity contribution is -0.276. The van der Waals surface area contributed by atoms with Crippen molar-refractivity contribution >= 4 is 5.97 Å². The molecule has 0 radical (unpaired) electrons. The van der Waals surface area contributed by atoms with Gasteiger partial charge in [0.1, 0.15) is 11.6 Å². The Balaban J connectivity index is 3.52. The molecule has 0 aromatic carbocycles. The molecular weight excluding hydrogens is 279 g/mol. The van der Waals surface area contributed by atoms with Gasteiger partial charge in [-0.1, -0.05) is 0 Å². The topological polar surface area (TPSA) is 83.2 Å². The Kier molecular flexibility index (Phi) is 3.89. The summed E-state index contributed by atoms with van der Waals surface area (Å²) in [6.45, 7) is 0. The summed E-state index contributed by atoms with van der Waals surface area (Å²) >= 11 is 0. The minimum Gasteiger partial charge on any atom is -0.477 e. The van der Waals surface area contributed by atoms with E-state index in [1.54, 1.807) is 0 Å². The van der Waals surface area contributed by atoms with Crippen molar-refractivity contribution in [1.82, 2.24) is 4.98 Å². The fourth-order valence-electron chi connectivity index (χ4n) is 1.18. The SMILES string of the molecule is N#Cc1c(C(F)F)cnc(OC(F)(F)F)c1C(=O)O. The van der Waals surface area contributed by atoms with Crippen molar-refractivity contribution in [1.29, 1.82) is 5.26 Å². The molecule has 0 atom stereocenters. The van der Waals surface area contributed by atoms with Crippen LogP contribution in [0.15, 0.2) is 6.20 Å². The van der Waals surface area contributed by atoms with Crippen LogP contribution >= 0.6 is 0 Å². The molecule has 1 N–H and O–H groups in total. The van der Waals surface area contributed by atoms with E-state index in [0.29, 0.717) is 0 Å². The summed E-state index contributed by atoms with van der Waals surface area (Å²) in [5.41, 5.74) is -3.58. The number of rotatable bonds is 3. The van der Waals surface area contributed by atoms with Gasteiger partial charge in [0.15, 0.2) is 0 Å². The Hall–Kier alpha value is -2.44. The van der Waals surface area contributed by atoms with Gasteiger partial charge in [-0.3, -0.25) is 0 Å². The summed E-state index contributed by atoms with van der Waals surface area (Å²) in [6.07, 6.45) is -8.27. The molecule has 0 fully saturated rings. The van der Waals surface area contributed by atoms with E-state index in [1.807, 2.05) is 0 Å². The number of carboxylic acids is 1. The van der Waals surface area contributed by atoms with Crippen LogP contribution in [0.3, 0.4) is 0 Å². The Labute approximate surface area is 101 Å². The number of halogens is 5. The highest BCUT2D eigenvalue weighted by atomic mass is 19.4. The first kappa shape index (κ1) is 14.6. The molecule has 1 aromatic heterocycles. The highest BCUT2D eigenvalue weighted by Gasteiger charge is 2.36. The van der Waals surface area contributed by atoms with Crippen LogP contribution < -0.4 is 4.74 Å². The van der Waals surface area contributed by atoms with Gasteiger partial charge in [0, 0.05) is 6.20 Å². The van der Waals surface area contributed by atoms with Gasteiger partial charge in [-0.05, 0) is 0 Å². The molecule has 102 valence electrons. The van der Waals surface area contributed by atoms with E-state index in [4.69, 9.17) is 10.4 Å². The lowest BCUT2D eigenvalue weighted by Crippen LogP contribution is -2.21. The Morgan fingerprint density at radius 3 is 2.42 bits per heavy atom. The molecule has 0 spiro atoms. The average Bonchev–Trinajstić information content (AvgIpc) is 2.25. The molecule has 0 aliphatic heterocycles. The smallest absolute Gasteiger partial charge is 0.477 e. The molecule has 0 unspecified atom stereocenters. The summed E-state index contributed by atoms with van der Waals surface area (Å²) in [4.78, 5) is 13.6. The Bertz CT molecular complexity index is 550. The van der Waals surface area contributed by atoms with Crippen molar-refractivity contribution in [2.75, 3.05) is 0 Å². The predicted octanol–water partition coefficient (Wildman–Crippen LogP) is 2.49. The number of nitriles is 1. The summed E-state index contributed by atoms with van der Waals surface area (Å²) in [5.74, 6) is -3.51. The minimum absolute atomic E-state index is 0.261. The summed E-state index contributed by atoms with van der Waals surface area (Å²) < 4.78 is 64.2. The Morgan fingerprint density at radius 2 is 2.05 bits per heavy atom. The van der Waals surface area contributed by atoms with E-state index >= 15 is 0 Å². The van der Waals surface area contributed by atoms with E-state index in [2.05, 4.69) is 9.72 Å². The normalized spacial score (nSPS) is 11.2. The van der Waals surface area contributed by atoms with Crippen molar-refractivity contribution < 1.29 is 36.6 Å². The highest BCUT2D eigenvalue weighted by Crippen LogP contribution is 2.31. The lowest BCUT2D eigenvalue weighted by Gasteiger charge is -2.12. The number of pyridine rings is 1.